The van der Waals surface area contributed by atoms with Gasteiger partial charge in [0.05, 0.1) is 12.1 Å². The van der Waals surface area contributed by atoms with Crippen LogP contribution in [0.4, 0.5) is 0 Å². The molecule has 3 N–H and O–H groups in total. The van der Waals surface area contributed by atoms with Crippen molar-refractivity contribution in [1.29, 1.82) is 0 Å². The van der Waals surface area contributed by atoms with Gasteiger partial charge in [-0.25, -0.2) is 4.98 Å². The number of hydrogen-bond acceptors (Lipinski definition) is 3. The van der Waals surface area contributed by atoms with E-state index in [2.05, 4.69) is 29.1 Å². The average molecular weight is 321 g/mol. The van der Waals surface area contributed by atoms with Gasteiger partial charge >= 0.3 is 0 Å². The Morgan fingerprint density at radius 1 is 1.48 bits per heavy atom. The number of hydrogen-bond donors (Lipinski definition) is 3. The van der Waals surface area contributed by atoms with Gasteiger partial charge in [-0.2, -0.15) is 0 Å². The van der Waals surface area contributed by atoms with Gasteiger partial charge in [-0.3, -0.25) is 4.79 Å². The summed E-state index contributed by atoms with van der Waals surface area (Å²) >= 11 is 0. The molecule has 1 aliphatic carbocycles. The number of nitrogens with zero attached hydrogens (tertiary/aromatic N) is 1. The number of H-pyrrole nitrogens is 1. The second-order valence-corrected chi connectivity index (χ2v) is 7.14. The number of aliphatic hydroxyl groups excluding tert-OH is 1. The number of imidazole rings is 1. The molecule has 1 amide bonds. The molecule has 2 rings (SSSR count). The summed E-state index contributed by atoms with van der Waals surface area (Å²) in [5.74, 6) is 1.35. The lowest BCUT2D eigenvalue weighted by molar-refractivity contribution is -0.121. The zero-order valence-corrected chi connectivity index (χ0v) is 14.7. The topological polar surface area (TPSA) is 78.0 Å². The summed E-state index contributed by atoms with van der Waals surface area (Å²) in [5.41, 5.74) is -0.617. The molecule has 0 unspecified atom stereocenters. The van der Waals surface area contributed by atoms with Crippen LogP contribution in [0.25, 0.3) is 0 Å². The molecule has 3 atom stereocenters. The van der Waals surface area contributed by atoms with Crippen LogP contribution in [0.5, 0.6) is 0 Å². The molecule has 1 heterocycles. The number of unbranched alkanes of at least 4 members (excludes halogenated alkanes) is 2. The highest BCUT2D eigenvalue weighted by Gasteiger charge is 2.55. The number of nitrogens with one attached hydrogen (secondary N) is 2. The predicted molar refractivity (Wildman–Crippen MR) is 91.1 cm³/mol. The third-order valence-electron chi connectivity index (χ3n) is 5.57. The fraction of sp³-hybridized carbons (Fsp3) is 0.778. The van der Waals surface area contributed by atoms with Crippen molar-refractivity contribution in [2.24, 2.45) is 5.92 Å². The van der Waals surface area contributed by atoms with Gasteiger partial charge in [-0.1, -0.05) is 33.1 Å². The van der Waals surface area contributed by atoms with E-state index in [1.807, 2.05) is 6.20 Å². The molecule has 5 heteroatoms. The summed E-state index contributed by atoms with van der Waals surface area (Å²) in [5, 5.41) is 13.1. The summed E-state index contributed by atoms with van der Waals surface area (Å²) in [6.45, 7) is 5.92. The predicted octanol–water partition coefficient (Wildman–Crippen LogP) is 2.92. The second-order valence-electron chi connectivity index (χ2n) is 7.14. The van der Waals surface area contributed by atoms with Gasteiger partial charge in [0.2, 0.25) is 5.91 Å². The average Bonchev–Trinajstić information content (AvgIpc) is 3.14. The van der Waals surface area contributed by atoms with E-state index in [0.29, 0.717) is 5.92 Å². The van der Waals surface area contributed by atoms with E-state index in [4.69, 9.17) is 0 Å². The molecule has 0 aromatic carbocycles. The molecule has 0 radical (unpaired) electrons. The lowest BCUT2D eigenvalue weighted by Crippen LogP contribution is -2.49. The summed E-state index contributed by atoms with van der Waals surface area (Å²) in [6, 6.07) is 0. The van der Waals surface area contributed by atoms with Gasteiger partial charge in [0.1, 0.15) is 5.82 Å². The number of aromatic nitrogens is 2. The normalized spacial score (nSPS) is 30.5. The molecule has 0 saturated heterocycles. The van der Waals surface area contributed by atoms with Crippen LogP contribution in [-0.4, -0.2) is 33.1 Å². The molecule has 130 valence electrons. The first-order chi connectivity index (χ1) is 11.0. The standard InChI is InChI=1S/C18H31N3O2/c1-4-6-7-8-15-11-17(13-22,21-14(3)23)12-18(15,5-2)16-19-9-10-20-16/h9-10,15,22H,4-8,11-13H2,1-3H3,(H,19,20)(H,21,23)/t15-,17-,18-/m1/s1. The molecule has 5 nitrogen and oxygen atoms in total. The van der Waals surface area contributed by atoms with Crippen LogP contribution in [-0.2, 0) is 10.2 Å². The highest BCUT2D eigenvalue weighted by Crippen LogP contribution is 2.53. The Morgan fingerprint density at radius 3 is 2.78 bits per heavy atom. The second kappa shape index (κ2) is 7.47. The third-order valence-corrected chi connectivity index (χ3v) is 5.57. The van der Waals surface area contributed by atoms with Gasteiger partial charge in [0, 0.05) is 24.7 Å². The highest BCUT2D eigenvalue weighted by molar-refractivity contribution is 5.74. The Kier molecular flexibility index (Phi) is 5.84. The van der Waals surface area contributed by atoms with E-state index in [0.717, 1.165) is 31.5 Å². The number of aliphatic hydroxyl groups is 1. The monoisotopic (exact) mass is 321 g/mol. The molecule has 0 bridgehead atoms. The quantitative estimate of drug-likeness (QED) is 0.644. The van der Waals surface area contributed by atoms with Crippen molar-refractivity contribution in [2.45, 2.75) is 76.7 Å². The fourth-order valence-electron chi connectivity index (χ4n) is 4.53. The van der Waals surface area contributed by atoms with Crippen LogP contribution in [0, 0.1) is 5.92 Å². The van der Waals surface area contributed by atoms with Gasteiger partial charge in [-0.05, 0) is 31.6 Å². The first-order valence-electron chi connectivity index (χ1n) is 8.91. The zero-order chi connectivity index (χ0) is 16.9. The molecular formula is C18H31N3O2. The molecule has 23 heavy (non-hydrogen) atoms. The summed E-state index contributed by atoms with van der Waals surface area (Å²) in [4.78, 5) is 19.5. The maximum Gasteiger partial charge on any atom is 0.217 e. The Labute approximate surface area is 139 Å². The van der Waals surface area contributed by atoms with Crippen molar-refractivity contribution in [1.82, 2.24) is 15.3 Å². The molecule has 1 aromatic heterocycles. The molecular weight excluding hydrogens is 290 g/mol. The molecule has 0 spiro atoms. The van der Waals surface area contributed by atoms with Crippen LogP contribution < -0.4 is 5.32 Å². The summed E-state index contributed by atoms with van der Waals surface area (Å²) in [6.07, 6.45) is 10.9. The summed E-state index contributed by atoms with van der Waals surface area (Å²) < 4.78 is 0. The van der Waals surface area contributed by atoms with Crippen molar-refractivity contribution in [3.63, 3.8) is 0 Å². The highest BCUT2D eigenvalue weighted by atomic mass is 16.3. The number of rotatable bonds is 8. The zero-order valence-electron chi connectivity index (χ0n) is 14.7. The van der Waals surface area contributed by atoms with E-state index >= 15 is 0 Å². The first-order valence-corrected chi connectivity index (χ1v) is 8.91. The van der Waals surface area contributed by atoms with E-state index in [1.165, 1.54) is 26.2 Å². The van der Waals surface area contributed by atoms with Gasteiger partial charge in [0.25, 0.3) is 0 Å². The maximum atomic E-state index is 11.7. The van der Waals surface area contributed by atoms with Gasteiger partial charge in [0.15, 0.2) is 0 Å². The maximum absolute atomic E-state index is 11.7. The van der Waals surface area contributed by atoms with E-state index in [-0.39, 0.29) is 17.9 Å². The Hall–Kier alpha value is -1.36. The van der Waals surface area contributed by atoms with Crippen molar-refractivity contribution >= 4 is 5.91 Å². The Balaban J connectivity index is 2.32. The molecule has 1 aromatic rings. The minimum Gasteiger partial charge on any atom is -0.394 e. The van der Waals surface area contributed by atoms with E-state index < -0.39 is 5.54 Å². The third kappa shape index (κ3) is 3.60. The molecule has 1 saturated carbocycles. The van der Waals surface area contributed by atoms with Crippen LogP contribution in [0.15, 0.2) is 12.4 Å². The Morgan fingerprint density at radius 2 is 2.26 bits per heavy atom. The smallest absolute Gasteiger partial charge is 0.217 e. The lowest BCUT2D eigenvalue weighted by Gasteiger charge is -2.34. The number of amides is 1. The molecule has 1 aliphatic rings. The van der Waals surface area contributed by atoms with E-state index in [9.17, 15) is 9.90 Å². The Bertz CT molecular complexity index is 502. The fourth-order valence-corrected chi connectivity index (χ4v) is 4.53. The van der Waals surface area contributed by atoms with Crippen molar-refractivity contribution in [3.05, 3.63) is 18.2 Å². The van der Waals surface area contributed by atoms with Crippen LogP contribution in [0.2, 0.25) is 0 Å². The lowest BCUT2D eigenvalue weighted by atomic mass is 9.72. The van der Waals surface area contributed by atoms with Gasteiger partial charge < -0.3 is 15.4 Å². The number of aromatic amines is 1. The van der Waals surface area contributed by atoms with Crippen LogP contribution in [0.1, 0.15) is 71.5 Å². The van der Waals surface area contributed by atoms with Crippen molar-refractivity contribution in [3.8, 4) is 0 Å². The number of carbonyl (C=O) groups excluding carboxylic acids is 1. The minimum atomic E-state index is -0.522. The largest absolute Gasteiger partial charge is 0.394 e. The van der Waals surface area contributed by atoms with Crippen molar-refractivity contribution in [2.75, 3.05) is 6.61 Å². The van der Waals surface area contributed by atoms with Crippen LogP contribution in [0.3, 0.4) is 0 Å². The van der Waals surface area contributed by atoms with Gasteiger partial charge in [-0.15, -0.1) is 0 Å². The summed E-state index contributed by atoms with van der Waals surface area (Å²) in [7, 11) is 0. The minimum absolute atomic E-state index is 0.0146. The first kappa shape index (κ1) is 18.0. The van der Waals surface area contributed by atoms with E-state index in [1.54, 1.807) is 6.20 Å². The van der Waals surface area contributed by atoms with Crippen molar-refractivity contribution < 1.29 is 9.90 Å². The SMILES string of the molecule is CCCCC[C@@H]1C[C@@](CO)(NC(C)=O)C[C@@]1(CC)c1ncc[nH]1. The number of carbonyl (C=O) groups is 1. The van der Waals surface area contributed by atoms with Crippen LogP contribution >= 0.6 is 0 Å². The molecule has 1 fully saturated rings. The molecule has 0 aliphatic heterocycles.